The van der Waals surface area contributed by atoms with Crippen molar-refractivity contribution in [1.29, 1.82) is 0 Å². The minimum Gasteiger partial charge on any atom is -0.481 e. The van der Waals surface area contributed by atoms with Crippen molar-refractivity contribution in [3.63, 3.8) is 0 Å². The average Bonchev–Trinajstić information content (AvgIpc) is 2.30. The third-order valence-electron chi connectivity index (χ3n) is 2.54. The molecule has 0 saturated carbocycles. The van der Waals surface area contributed by atoms with E-state index in [2.05, 4.69) is 0 Å². The van der Waals surface area contributed by atoms with Gasteiger partial charge in [0, 0.05) is 0 Å². The summed E-state index contributed by atoms with van der Waals surface area (Å²) >= 11 is 0. The Kier molecular flexibility index (Phi) is 7.84. The lowest BCUT2D eigenvalue weighted by atomic mass is 10.1. The van der Waals surface area contributed by atoms with Gasteiger partial charge in [0.25, 0.3) is 0 Å². The van der Waals surface area contributed by atoms with Crippen LogP contribution in [0.1, 0.15) is 68.7 Å². The summed E-state index contributed by atoms with van der Waals surface area (Å²) < 4.78 is 15.5. The van der Waals surface area contributed by atoms with E-state index in [0.717, 1.165) is 0 Å². The average molecular weight is 389 g/mol. The Balaban J connectivity index is 6.02. The first-order valence-corrected chi connectivity index (χ1v) is 8.52. The molecule has 2 amide bonds. The molecule has 0 aromatic rings. The Labute approximate surface area is 159 Å². The molecule has 1 atom stereocenters. The predicted octanol–water partition coefficient (Wildman–Crippen LogP) is 3.34. The van der Waals surface area contributed by atoms with Gasteiger partial charge in [-0.3, -0.25) is 4.79 Å². The van der Waals surface area contributed by atoms with Crippen molar-refractivity contribution in [2.75, 3.05) is 0 Å². The van der Waals surface area contributed by atoms with Crippen molar-refractivity contribution in [1.82, 2.24) is 4.90 Å². The summed E-state index contributed by atoms with van der Waals surface area (Å²) in [5, 5.41) is 9.17. The second-order valence-electron chi connectivity index (χ2n) is 8.98. The standard InChI is InChI=1S/C18H31NO8/c1-16(2,3)25-13(22)11(10-12(20)21)19(14(23)26-17(4,5)6)15(24)27-18(7,8)9/h11H,10H2,1-9H3,(H,20,21). The Hall–Kier alpha value is -2.32. The molecule has 0 saturated heterocycles. The normalized spacial score (nSPS) is 13.4. The van der Waals surface area contributed by atoms with Crippen molar-refractivity contribution in [3.8, 4) is 0 Å². The second-order valence-corrected chi connectivity index (χ2v) is 8.98. The Morgan fingerprint density at radius 1 is 0.741 bits per heavy atom. The number of rotatable bonds is 4. The van der Waals surface area contributed by atoms with Crippen molar-refractivity contribution in [3.05, 3.63) is 0 Å². The number of imide groups is 1. The summed E-state index contributed by atoms with van der Waals surface area (Å²) in [6, 6.07) is -1.74. The number of carbonyl (C=O) groups excluding carboxylic acids is 3. The van der Waals surface area contributed by atoms with Crippen LogP contribution in [-0.2, 0) is 23.8 Å². The summed E-state index contributed by atoms with van der Waals surface area (Å²) in [6.07, 6.45) is -3.25. The third kappa shape index (κ3) is 10.4. The van der Waals surface area contributed by atoms with E-state index in [4.69, 9.17) is 14.2 Å². The van der Waals surface area contributed by atoms with Crippen molar-refractivity contribution >= 4 is 24.1 Å². The van der Waals surface area contributed by atoms with E-state index >= 15 is 0 Å². The van der Waals surface area contributed by atoms with Gasteiger partial charge in [-0.25, -0.2) is 14.4 Å². The van der Waals surface area contributed by atoms with Crippen LogP contribution in [0.25, 0.3) is 0 Å². The van der Waals surface area contributed by atoms with Gasteiger partial charge in [0.1, 0.15) is 16.8 Å². The second kappa shape index (κ2) is 8.58. The minimum absolute atomic E-state index is 0.360. The number of carboxylic acid groups (broad SMARTS) is 1. The highest BCUT2D eigenvalue weighted by Gasteiger charge is 2.43. The van der Waals surface area contributed by atoms with Gasteiger partial charge >= 0.3 is 24.1 Å². The van der Waals surface area contributed by atoms with E-state index in [1.807, 2.05) is 0 Å². The molecule has 0 spiro atoms. The molecule has 0 aromatic heterocycles. The largest absolute Gasteiger partial charge is 0.481 e. The van der Waals surface area contributed by atoms with Crippen LogP contribution in [0.15, 0.2) is 0 Å². The van der Waals surface area contributed by atoms with Gasteiger partial charge in [-0.2, -0.15) is 4.90 Å². The van der Waals surface area contributed by atoms with E-state index in [9.17, 15) is 24.3 Å². The summed E-state index contributed by atoms with van der Waals surface area (Å²) in [7, 11) is 0. The predicted molar refractivity (Wildman–Crippen MR) is 96.2 cm³/mol. The van der Waals surface area contributed by atoms with Gasteiger partial charge in [-0.1, -0.05) is 0 Å². The SMILES string of the molecule is CC(C)(C)OC(=O)C(CC(=O)O)N(C(=O)OC(C)(C)C)C(=O)OC(C)(C)C. The highest BCUT2D eigenvalue weighted by molar-refractivity contribution is 5.95. The van der Waals surface area contributed by atoms with Crippen LogP contribution in [0.2, 0.25) is 0 Å². The van der Waals surface area contributed by atoms with Gasteiger partial charge in [-0.15, -0.1) is 0 Å². The number of esters is 1. The fourth-order valence-corrected chi connectivity index (χ4v) is 1.77. The molecule has 0 radical (unpaired) electrons. The van der Waals surface area contributed by atoms with Gasteiger partial charge in [0.15, 0.2) is 6.04 Å². The lowest BCUT2D eigenvalue weighted by Gasteiger charge is -2.33. The number of hydrogen-bond acceptors (Lipinski definition) is 7. The molecule has 0 rings (SSSR count). The summed E-state index contributed by atoms with van der Waals surface area (Å²) in [5.41, 5.74) is -2.93. The van der Waals surface area contributed by atoms with E-state index < -0.39 is 53.4 Å². The molecule has 0 heterocycles. The van der Waals surface area contributed by atoms with Gasteiger partial charge < -0.3 is 19.3 Å². The highest BCUT2D eigenvalue weighted by Crippen LogP contribution is 2.21. The van der Waals surface area contributed by atoms with Crippen LogP contribution in [0.4, 0.5) is 9.59 Å². The number of nitrogens with zero attached hydrogens (tertiary/aromatic N) is 1. The molecule has 0 fully saturated rings. The first-order valence-electron chi connectivity index (χ1n) is 8.52. The number of carboxylic acids is 1. The fraction of sp³-hybridized carbons (Fsp3) is 0.778. The van der Waals surface area contributed by atoms with Crippen LogP contribution in [0.3, 0.4) is 0 Å². The Morgan fingerprint density at radius 3 is 1.33 bits per heavy atom. The highest BCUT2D eigenvalue weighted by atomic mass is 16.6. The van der Waals surface area contributed by atoms with Crippen LogP contribution >= 0.6 is 0 Å². The van der Waals surface area contributed by atoms with Crippen molar-refractivity contribution in [2.24, 2.45) is 0 Å². The fourth-order valence-electron chi connectivity index (χ4n) is 1.77. The van der Waals surface area contributed by atoms with Crippen molar-refractivity contribution < 1.29 is 38.5 Å². The number of amides is 2. The molecular weight excluding hydrogens is 358 g/mol. The third-order valence-corrected chi connectivity index (χ3v) is 2.54. The number of carbonyl (C=O) groups is 4. The molecule has 27 heavy (non-hydrogen) atoms. The zero-order valence-electron chi connectivity index (χ0n) is 17.5. The zero-order valence-corrected chi connectivity index (χ0v) is 17.5. The minimum atomic E-state index is -1.74. The summed E-state index contributed by atoms with van der Waals surface area (Å²) in [5.74, 6) is -2.45. The molecule has 0 bridgehead atoms. The lowest BCUT2D eigenvalue weighted by molar-refractivity contribution is -0.163. The van der Waals surface area contributed by atoms with Gasteiger partial charge in [0.05, 0.1) is 6.42 Å². The Morgan fingerprint density at radius 2 is 1.07 bits per heavy atom. The molecule has 0 aliphatic carbocycles. The maximum absolute atomic E-state index is 12.6. The van der Waals surface area contributed by atoms with Crippen LogP contribution < -0.4 is 0 Å². The molecule has 1 N–H and O–H groups in total. The van der Waals surface area contributed by atoms with Crippen LogP contribution in [0.5, 0.6) is 0 Å². The van der Waals surface area contributed by atoms with Crippen LogP contribution in [0, 0.1) is 0 Å². The first kappa shape index (κ1) is 24.7. The molecule has 1 unspecified atom stereocenters. The monoisotopic (exact) mass is 389 g/mol. The number of aliphatic carboxylic acids is 1. The molecule has 9 heteroatoms. The van der Waals surface area contributed by atoms with E-state index in [0.29, 0.717) is 4.90 Å². The smallest absolute Gasteiger partial charge is 0.420 e. The molecule has 0 aliphatic rings. The molecule has 9 nitrogen and oxygen atoms in total. The molecule has 0 aliphatic heterocycles. The molecule has 0 aromatic carbocycles. The van der Waals surface area contributed by atoms with E-state index in [-0.39, 0.29) is 0 Å². The van der Waals surface area contributed by atoms with E-state index in [1.54, 1.807) is 62.3 Å². The zero-order chi connectivity index (χ0) is 21.8. The maximum Gasteiger partial charge on any atom is 0.420 e. The van der Waals surface area contributed by atoms with Crippen molar-refractivity contribution in [2.45, 2.75) is 91.6 Å². The maximum atomic E-state index is 12.6. The Bertz CT molecular complexity index is 550. The van der Waals surface area contributed by atoms with Gasteiger partial charge in [-0.05, 0) is 62.3 Å². The summed E-state index contributed by atoms with van der Waals surface area (Å²) in [6.45, 7) is 14.1. The molecular formula is C18H31NO8. The summed E-state index contributed by atoms with van der Waals surface area (Å²) in [4.78, 5) is 49.3. The van der Waals surface area contributed by atoms with Gasteiger partial charge in [0.2, 0.25) is 0 Å². The van der Waals surface area contributed by atoms with Crippen LogP contribution in [-0.4, -0.2) is 57.0 Å². The topological polar surface area (TPSA) is 119 Å². The first-order chi connectivity index (χ1) is 11.8. The van der Waals surface area contributed by atoms with E-state index in [1.165, 1.54) is 0 Å². The quantitative estimate of drug-likeness (QED) is 0.574. The lowest BCUT2D eigenvalue weighted by Crippen LogP contribution is -2.53. The number of ether oxygens (including phenoxy) is 3. The number of hydrogen-bond donors (Lipinski definition) is 1. The molecule has 156 valence electrons.